The van der Waals surface area contributed by atoms with Gasteiger partial charge in [-0.25, -0.2) is 9.88 Å². The zero-order valence-corrected chi connectivity index (χ0v) is 26.7. The third-order valence-corrected chi connectivity index (χ3v) is 8.98. The van der Waals surface area contributed by atoms with Gasteiger partial charge in [0.25, 0.3) is 11.8 Å². The molecule has 2 aliphatic heterocycles. The van der Waals surface area contributed by atoms with Crippen LogP contribution in [-0.4, -0.2) is 69.1 Å². The molecule has 3 aliphatic rings. The van der Waals surface area contributed by atoms with Gasteiger partial charge in [0, 0.05) is 42.5 Å². The molecular weight excluding hydrogens is 664 g/mol. The maximum atomic E-state index is 14.3. The van der Waals surface area contributed by atoms with Gasteiger partial charge in [0.15, 0.2) is 0 Å². The standard InChI is InChI=1S/C31H29Cl2F3N6O5/c1-17(43)38-21-7-10-40(16-21)27(46)30(8-9-30)39-25(44)24-15-37-28-41(22-12-19(32)11-20(33)13-22)26(45)29(2,42(24)28)14-18-3-5-23(6-4-18)47-31(34,35)36/h3-6,11-13,15,21H,7-10,14,16H2,1-2H3,(H,38,43)(H,39,44)/t21-,29-/m1/s1. The Balaban J connectivity index is 1.32. The van der Waals surface area contributed by atoms with Crippen molar-refractivity contribution in [3.8, 4) is 5.75 Å². The number of carbonyl (C=O) groups excluding carboxylic acids is 4. The summed E-state index contributed by atoms with van der Waals surface area (Å²) in [6, 6.07) is 9.43. The zero-order valence-electron chi connectivity index (χ0n) is 25.2. The monoisotopic (exact) mass is 692 g/mol. The van der Waals surface area contributed by atoms with Crippen LogP contribution in [0, 0.1) is 0 Å². The molecule has 1 saturated carbocycles. The van der Waals surface area contributed by atoms with Crippen molar-refractivity contribution in [2.24, 2.45) is 0 Å². The second-order valence-electron chi connectivity index (χ2n) is 12.2. The second-order valence-corrected chi connectivity index (χ2v) is 13.0. The predicted octanol–water partition coefficient (Wildman–Crippen LogP) is 4.72. The van der Waals surface area contributed by atoms with Gasteiger partial charge in [-0.05, 0) is 62.1 Å². The number of amides is 4. The van der Waals surface area contributed by atoms with Crippen molar-refractivity contribution in [2.75, 3.05) is 18.0 Å². The molecule has 0 radical (unpaired) electrons. The third-order valence-electron chi connectivity index (χ3n) is 8.54. The van der Waals surface area contributed by atoms with E-state index in [2.05, 4.69) is 20.4 Å². The number of rotatable bonds is 8. The van der Waals surface area contributed by atoms with Crippen LogP contribution in [-0.2, 0) is 26.3 Å². The maximum Gasteiger partial charge on any atom is 0.573 e. The number of nitrogens with one attached hydrogen (secondary N) is 2. The SMILES string of the molecule is CC(=O)N[C@@H]1CCN(C(=O)C2(NC(=O)c3cnc4n3[C@](C)(Cc3ccc(OC(F)(F)F)cc3)C(=O)N4c3cc(Cl)cc(Cl)c3)CC2)C1. The fraction of sp³-hybridized carbons (Fsp3) is 0.387. The normalized spacial score (nSPS) is 21.4. The van der Waals surface area contributed by atoms with Gasteiger partial charge >= 0.3 is 6.36 Å². The Kier molecular flexibility index (Phi) is 8.15. The highest BCUT2D eigenvalue weighted by Gasteiger charge is 2.56. The molecule has 248 valence electrons. The van der Waals surface area contributed by atoms with E-state index in [-0.39, 0.29) is 46.0 Å². The van der Waals surface area contributed by atoms with Crippen molar-refractivity contribution in [3.05, 3.63) is 70.0 Å². The number of anilines is 2. The molecule has 1 aromatic heterocycles. The minimum absolute atomic E-state index is 0.000111. The fourth-order valence-electron chi connectivity index (χ4n) is 6.29. The molecule has 2 N–H and O–H groups in total. The molecule has 0 unspecified atom stereocenters. The molecule has 0 bridgehead atoms. The predicted molar refractivity (Wildman–Crippen MR) is 165 cm³/mol. The average molecular weight is 694 g/mol. The highest BCUT2D eigenvalue weighted by atomic mass is 35.5. The van der Waals surface area contributed by atoms with E-state index >= 15 is 0 Å². The summed E-state index contributed by atoms with van der Waals surface area (Å²) in [5, 5.41) is 6.20. The van der Waals surface area contributed by atoms with E-state index < -0.39 is 35.0 Å². The van der Waals surface area contributed by atoms with Crippen molar-refractivity contribution in [1.82, 2.24) is 25.1 Å². The van der Waals surface area contributed by atoms with Gasteiger partial charge in [0.2, 0.25) is 17.8 Å². The molecule has 2 fully saturated rings. The highest BCUT2D eigenvalue weighted by Crippen LogP contribution is 2.44. The van der Waals surface area contributed by atoms with Crippen LogP contribution in [0.1, 0.15) is 49.2 Å². The van der Waals surface area contributed by atoms with Gasteiger partial charge in [-0.1, -0.05) is 35.3 Å². The van der Waals surface area contributed by atoms with Crippen LogP contribution in [0.5, 0.6) is 5.75 Å². The van der Waals surface area contributed by atoms with Gasteiger partial charge in [0.1, 0.15) is 22.5 Å². The number of fused-ring (bicyclic) bond motifs is 1. The first-order valence-corrected chi connectivity index (χ1v) is 15.5. The van der Waals surface area contributed by atoms with Gasteiger partial charge in [-0.15, -0.1) is 13.2 Å². The first-order valence-electron chi connectivity index (χ1n) is 14.7. The Hall–Kier alpha value is -4.30. The number of benzene rings is 2. The van der Waals surface area contributed by atoms with Crippen molar-refractivity contribution in [1.29, 1.82) is 0 Å². The number of aromatic nitrogens is 2. The Morgan fingerprint density at radius 1 is 1.09 bits per heavy atom. The molecule has 1 aliphatic carbocycles. The largest absolute Gasteiger partial charge is 0.573 e. The lowest BCUT2D eigenvalue weighted by atomic mass is 9.91. The van der Waals surface area contributed by atoms with E-state index in [0.717, 1.165) is 12.1 Å². The summed E-state index contributed by atoms with van der Waals surface area (Å²) >= 11 is 12.5. The summed E-state index contributed by atoms with van der Waals surface area (Å²) in [5.74, 6) is -1.91. The second kappa shape index (κ2) is 11.7. The van der Waals surface area contributed by atoms with Crippen LogP contribution < -0.4 is 20.3 Å². The molecule has 3 heterocycles. The van der Waals surface area contributed by atoms with Crippen LogP contribution in [0.3, 0.4) is 0 Å². The quantitative estimate of drug-likeness (QED) is 0.352. The van der Waals surface area contributed by atoms with Crippen LogP contribution in [0.2, 0.25) is 10.0 Å². The molecule has 2 atom stereocenters. The molecule has 3 aromatic rings. The minimum Gasteiger partial charge on any atom is -0.406 e. The summed E-state index contributed by atoms with van der Waals surface area (Å²) in [5.41, 5.74) is -1.87. The molecule has 1 saturated heterocycles. The highest BCUT2D eigenvalue weighted by molar-refractivity contribution is 6.35. The number of nitrogens with zero attached hydrogens (tertiary/aromatic N) is 4. The van der Waals surface area contributed by atoms with E-state index in [1.165, 1.54) is 52.9 Å². The van der Waals surface area contributed by atoms with Crippen LogP contribution >= 0.6 is 23.2 Å². The molecule has 47 heavy (non-hydrogen) atoms. The van der Waals surface area contributed by atoms with Crippen LogP contribution in [0.25, 0.3) is 0 Å². The van der Waals surface area contributed by atoms with Crippen LogP contribution in [0.15, 0.2) is 48.7 Å². The Morgan fingerprint density at radius 3 is 2.34 bits per heavy atom. The van der Waals surface area contributed by atoms with E-state index in [0.29, 0.717) is 43.6 Å². The summed E-state index contributed by atoms with van der Waals surface area (Å²) < 4.78 is 43.6. The van der Waals surface area contributed by atoms with E-state index in [1.807, 2.05) is 0 Å². The molecule has 0 spiro atoms. The number of hydrogen-bond donors (Lipinski definition) is 2. The molecule has 6 rings (SSSR count). The van der Waals surface area contributed by atoms with E-state index in [4.69, 9.17) is 23.2 Å². The zero-order chi connectivity index (χ0) is 33.9. The molecule has 11 nitrogen and oxygen atoms in total. The lowest BCUT2D eigenvalue weighted by Gasteiger charge is -2.28. The molecule has 2 aromatic carbocycles. The Morgan fingerprint density at radius 2 is 1.74 bits per heavy atom. The summed E-state index contributed by atoms with van der Waals surface area (Å²) in [6.45, 7) is 3.76. The first-order chi connectivity index (χ1) is 22.1. The van der Waals surface area contributed by atoms with Gasteiger partial charge in [-0.3, -0.25) is 23.7 Å². The molecule has 16 heteroatoms. The Bertz CT molecular complexity index is 1760. The number of imidazole rings is 1. The number of likely N-dealkylation sites (tertiary alicyclic amines) is 1. The lowest BCUT2D eigenvalue weighted by molar-refractivity contribution is -0.274. The Labute approximate surface area is 276 Å². The minimum atomic E-state index is -4.87. The number of hydrogen-bond acceptors (Lipinski definition) is 6. The molecule has 4 amide bonds. The lowest BCUT2D eigenvalue weighted by Crippen LogP contribution is -2.51. The maximum absolute atomic E-state index is 14.3. The summed E-state index contributed by atoms with van der Waals surface area (Å²) in [6.07, 6.45) is -2.19. The average Bonchev–Trinajstić information content (AvgIpc) is 3.29. The summed E-state index contributed by atoms with van der Waals surface area (Å²) in [4.78, 5) is 60.6. The van der Waals surface area contributed by atoms with E-state index in [1.54, 1.807) is 11.8 Å². The fourth-order valence-corrected chi connectivity index (χ4v) is 6.80. The number of halogens is 5. The van der Waals surface area contributed by atoms with Crippen molar-refractivity contribution in [3.63, 3.8) is 0 Å². The first kappa shape index (κ1) is 32.6. The van der Waals surface area contributed by atoms with Gasteiger partial charge in [0.05, 0.1) is 11.9 Å². The van der Waals surface area contributed by atoms with Gasteiger partial charge < -0.3 is 20.3 Å². The van der Waals surface area contributed by atoms with Crippen molar-refractivity contribution in [2.45, 2.75) is 63.0 Å². The summed E-state index contributed by atoms with van der Waals surface area (Å²) in [7, 11) is 0. The van der Waals surface area contributed by atoms with Gasteiger partial charge in [-0.2, -0.15) is 0 Å². The number of ether oxygens (including phenoxy) is 1. The van der Waals surface area contributed by atoms with Crippen LogP contribution in [0.4, 0.5) is 24.8 Å². The van der Waals surface area contributed by atoms with E-state index in [9.17, 15) is 32.3 Å². The topological polar surface area (TPSA) is 126 Å². The number of alkyl halides is 3. The number of carbonyl (C=O) groups is 4. The third kappa shape index (κ3) is 6.35. The smallest absolute Gasteiger partial charge is 0.406 e. The molecular formula is C31H29Cl2F3N6O5. The van der Waals surface area contributed by atoms with Crippen molar-refractivity contribution >= 4 is 58.5 Å². The van der Waals surface area contributed by atoms with Crippen molar-refractivity contribution < 1.29 is 37.1 Å².